The highest BCUT2D eigenvalue weighted by atomic mass is 35.5. The van der Waals surface area contributed by atoms with Crippen molar-refractivity contribution in [2.24, 2.45) is 11.7 Å². The van der Waals surface area contributed by atoms with E-state index in [-0.39, 0.29) is 29.0 Å². The summed E-state index contributed by atoms with van der Waals surface area (Å²) in [6.45, 7) is 0.550. The van der Waals surface area contributed by atoms with Gasteiger partial charge in [-0.05, 0) is 43.5 Å². The predicted molar refractivity (Wildman–Crippen MR) is 76.3 cm³/mol. The van der Waals surface area contributed by atoms with Crippen molar-refractivity contribution in [2.45, 2.75) is 25.3 Å². The predicted octanol–water partition coefficient (Wildman–Crippen LogP) is 2.76. The average Bonchev–Trinajstić information content (AvgIpc) is 2.76. The van der Waals surface area contributed by atoms with E-state index in [0.29, 0.717) is 12.5 Å². The van der Waals surface area contributed by atoms with E-state index >= 15 is 0 Å². The molecule has 106 valence electrons. The third kappa shape index (κ3) is 3.81. The van der Waals surface area contributed by atoms with E-state index in [4.69, 9.17) is 17.3 Å². The van der Waals surface area contributed by atoms with Crippen molar-refractivity contribution in [1.82, 2.24) is 5.32 Å². The summed E-state index contributed by atoms with van der Waals surface area (Å²) in [6, 6.07) is 4.11. The third-order valence-corrected chi connectivity index (χ3v) is 3.69. The van der Waals surface area contributed by atoms with Crippen LogP contribution in [0.4, 0.5) is 4.39 Å². The summed E-state index contributed by atoms with van der Waals surface area (Å²) in [5, 5.41) is 3.14. The van der Waals surface area contributed by atoms with E-state index < -0.39 is 11.7 Å². The van der Waals surface area contributed by atoms with Gasteiger partial charge in [0.2, 0.25) is 0 Å². The number of halogens is 3. The molecule has 2 rings (SSSR count). The molecule has 1 amide bonds. The van der Waals surface area contributed by atoms with Crippen LogP contribution in [0, 0.1) is 11.7 Å². The van der Waals surface area contributed by atoms with Crippen molar-refractivity contribution >= 4 is 29.9 Å². The van der Waals surface area contributed by atoms with Gasteiger partial charge in [-0.15, -0.1) is 12.4 Å². The highest BCUT2D eigenvalue weighted by Crippen LogP contribution is 2.25. The Bertz CT molecular complexity index is 456. The number of nitrogens with one attached hydrogen (secondary N) is 1. The van der Waals surface area contributed by atoms with E-state index in [0.717, 1.165) is 25.3 Å². The van der Waals surface area contributed by atoms with Crippen molar-refractivity contribution in [3.05, 3.63) is 34.6 Å². The van der Waals surface area contributed by atoms with Gasteiger partial charge in [0, 0.05) is 11.1 Å². The van der Waals surface area contributed by atoms with Gasteiger partial charge in [0.15, 0.2) is 0 Å². The Labute approximate surface area is 123 Å². The zero-order valence-corrected chi connectivity index (χ0v) is 11.9. The summed E-state index contributed by atoms with van der Waals surface area (Å²) in [7, 11) is 0. The summed E-state index contributed by atoms with van der Waals surface area (Å²) in [5.41, 5.74) is 5.68. The van der Waals surface area contributed by atoms with Crippen LogP contribution in [0.25, 0.3) is 0 Å². The zero-order valence-electron chi connectivity index (χ0n) is 10.4. The summed E-state index contributed by atoms with van der Waals surface area (Å²) >= 11 is 5.65. The molecule has 1 aliphatic rings. The number of hydrogen-bond donors (Lipinski definition) is 2. The molecule has 1 aromatic carbocycles. The fourth-order valence-electron chi connectivity index (χ4n) is 2.43. The van der Waals surface area contributed by atoms with Gasteiger partial charge in [-0.3, -0.25) is 4.79 Å². The first-order valence-corrected chi connectivity index (χ1v) is 6.45. The van der Waals surface area contributed by atoms with Crippen molar-refractivity contribution in [1.29, 1.82) is 0 Å². The first-order chi connectivity index (χ1) is 8.61. The SMILES string of the molecule is Cl.NCC1CCCC1NC(=O)c1ccc(Cl)cc1F. The lowest BCUT2D eigenvalue weighted by Gasteiger charge is -2.19. The van der Waals surface area contributed by atoms with E-state index in [1.165, 1.54) is 12.1 Å². The molecule has 0 aliphatic heterocycles. The van der Waals surface area contributed by atoms with Crippen molar-refractivity contribution < 1.29 is 9.18 Å². The monoisotopic (exact) mass is 306 g/mol. The lowest BCUT2D eigenvalue weighted by molar-refractivity contribution is 0.0924. The second kappa shape index (κ2) is 7.08. The molecule has 6 heteroatoms. The normalized spacial score (nSPS) is 21.8. The number of carbonyl (C=O) groups is 1. The molecule has 0 saturated heterocycles. The highest BCUT2D eigenvalue weighted by molar-refractivity contribution is 6.30. The van der Waals surface area contributed by atoms with Gasteiger partial charge >= 0.3 is 0 Å². The van der Waals surface area contributed by atoms with Gasteiger partial charge in [-0.1, -0.05) is 18.0 Å². The van der Waals surface area contributed by atoms with E-state index in [2.05, 4.69) is 5.32 Å². The van der Waals surface area contributed by atoms with Gasteiger partial charge in [0.1, 0.15) is 5.82 Å². The maximum Gasteiger partial charge on any atom is 0.254 e. The van der Waals surface area contributed by atoms with E-state index in [9.17, 15) is 9.18 Å². The summed E-state index contributed by atoms with van der Waals surface area (Å²) in [6.07, 6.45) is 2.98. The Hall–Kier alpha value is -0.840. The molecule has 0 spiro atoms. The molecule has 2 atom stereocenters. The third-order valence-electron chi connectivity index (χ3n) is 3.45. The van der Waals surface area contributed by atoms with Crippen LogP contribution < -0.4 is 11.1 Å². The second-order valence-corrected chi connectivity index (χ2v) is 5.07. The summed E-state index contributed by atoms with van der Waals surface area (Å²) in [4.78, 5) is 12.0. The lowest BCUT2D eigenvalue weighted by atomic mass is 10.0. The Morgan fingerprint density at radius 3 is 2.84 bits per heavy atom. The quantitative estimate of drug-likeness (QED) is 0.902. The van der Waals surface area contributed by atoms with Crippen molar-refractivity contribution in [3.63, 3.8) is 0 Å². The number of nitrogens with two attached hydrogens (primary N) is 1. The lowest BCUT2D eigenvalue weighted by Crippen LogP contribution is -2.40. The summed E-state index contributed by atoms with van der Waals surface area (Å²) in [5.74, 6) is -0.693. The molecule has 0 radical (unpaired) electrons. The van der Waals surface area contributed by atoms with E-state index in [1.54, 1.807) is 0 Å². The Morgan fingerprint density at radius 2 is 2.21 bits per heavy atom. The Balaban J connectivity index is 0.00000180. The first kappa shape index (κ1) is 16.2. The molecule has 3 N–H and O–H groups in total. The smallest absolute Gasteiger partial charge is 0.254 e. The maximum absolute atomic E-state index is 13.6. The molecule has 19 heavy (non-hydrogen) atoms. The van der Waals surface area contributed by atoms with Gasteiger partial charge in [0.05, 0.1) is 5.56 Å². The van der Waals surface area contributed by atoms with Gasteiger partial charge in [-0.25, -0.2) is 4.39 Å². The number of amides is 1. The fraction of sp³-hybridized carbons (Fsp3) is 0.462. The fourth-order valence-corrected chi connectivity index (χ4v) is 2.59. The van der Waals surface area contributed by atoms with Crippen LogP contribution in [0.15, 0.2) is 18.2 Å². The minimum Gasteiger partial charge on any atom is -0.349 e. The molecule has 2 unspecified atom stereocenters. The van der Waals surface area contributed by atoms with Gasteiger partial charge < -0.3 is 11.1 Å². The molecule has 1 aliphatic carbocycles. The number of carbonyl (C=O) groups excluding carboxylic acids is 1. The zero-order chi connectivity index (χ0) is 13.1. The van der Waals surface area contributed by atoms with Crippen LogP contribution in [-0.2, 0) is 0 Å². The number of rotatable bonds is 3. The van der Waals surface area contributed by atoms with Crippen LogP contribution in [0.1, 0.15) is 29.6 Å². The highest BCUT2D eigenvalue weighted by Gasteiger charge is 2.28. The standard InChI is InChI=1S/C13H16ClFN2O.ClH/c14-9-4-5-10(11(15)6-9)13(18)17-12-3-1-2-8(12)7-16;/h4-6,8,12H,1-3,7,16H2,(H,17,18);1H. The van der Waals surface area contributed by atoms with Gasteiger partial charge in [0.25, 0.3) is 5.91 Å². The molecule has 3 nitrogen and oxygen atoms in total. The second-order valence-electron chi connectivity index (χ2n) is 4.63. The minimum atomic E-state index is -0.595. The molecule has 0 heterocycles. The molecule has 0 aromatic heterocycles. The van der Waals surface area contributed by atoms with Crippen LogP contribution in [0.5, 0.6) is 0 Å². The summed E-state index contributed by atoms with van der Waals surface area (Å²) < 4.78 is 13.6. The van der Waals surface area contributed by atoms with Crippen LogP contribution >= 0.6 is 24.0 Å². The van der Waals surface area contributed by atoms with Crippen LogP contribution in [0.2, 0.25) is 5.02 Å². The molecular formula is C13H17Cl2FN2O. The van der Waals surface area contributed by atoms with E-state index in [1.807, 2.05) is 0 Å². The molecule has 1 aromatic rings. The average molecular weight is 307 g/mol. The molecule has 0 bridgehead atoms. The number of hydrogen-bond acceptors (Lipinski definition) is 2. The Kier molecular flexibility index (Phi) is 6.04. The Morgan fingerprint density at radius 1 is 1.47 bits per heavy atom. The van der Waals surface area contributed by atoms with Crippen LogP contribution in [-0.4, -0.2) is 18.5 Å². The topological polar surface area (TPSA) is 55.1 Å². The molecular weight excluding hydrogens is 290 g/mol. The maximum atomic E-state index is 13.6. The van der Waals surface area contributed by atoms with Crippen LogP contribution in [0.3, 0.4) is 0 Å². The largest absolute Gasteiger partial charge is 0.349 e. The molecule has 1 fully saturated rings. The van der Waals surface area contributed by atoms with Gasteiger partial charge in [-0.2, -0.15) is 0 Å². The van der Waals surface area contributed by atoms with Crippen molar-refractivity contribution in [3.8, 4) is 0 Å². The number of benzene rings is 1. The minimum absolute atomic E-state index is 0. The molecule has 1 saturated carbocycles. The first-order valence-electron chi connectivity index (χ1n) is 6.08. The van der Waals surface area contributed by atoms with Crippen molar-refractivity contribution in [2.75, 3.05) is 6.54 Å².